The Morgan fingerprint density at radius 3 is 2.41 bits per heavy atom. The SMILES string of the molecule is CCCCCCCn1nc(C(=O)N2CCN(c3ccccc3)CC2)c2c1C(Cc1ccc(F)cc1)CCCC2. The first-order valence-corrected chi connectivity index (χ1v) is 15.1. The molecule has 6 heteroatoms. The van der Waals surface area contributed by atoms with Crippen LogP contribution in [0.4, 0.5) is 10.1 Å². The number of unbranched alkanes of at least 4 members (excludes halogenated alkanes) is 4. The fraction of sp³-hybridized carbons (Fsp3) is 0.515. The van der Waals surface area contributed by atoms with Gasteiger partial charge in [0.25, 0.3) is 5.91 Å². The Morgan fingerprint density at radius 2 is 1.67 bits per heavy atom. The number of hydrogen-bond acceptors (Lipinski definition) is 3. The molecule has 0 saturated carbocycles. The van der Waals surface area contributed by atoms with Gasteiger partial charge in [0.15, 0.2) is 5.69 Å². The number of aromatic nitrogens is 2. The minimum Gasteiger partial charge on any atom is -0.368 e. The van der Waals surface area contributed by atoms with Gasteiger partial charge in [0.1, 0.15) is 5.82 Å². The lowest BCUT2D eigenvalue weighted by Gasteiger charge is -2.36. The van der Waals surface area contributed by atoms with E-state index in [9.17, 15) is 9.18 Å². The van der Waals surface area contributed by atoms with Crippen LogP contribution in [0.2, 0.25) is 0 Å². The standard InChI is InChI=1S/C33H43FN4O/c1-2-3-4-5-11-20-38-32-27(25-26-16-18-28(34)19-17-26)12-9-10-15-30(32)31(35-38)33(39)37-23-21-36(22-24-37)29-13-7-6-8-14-29/h6-8,13-14,16-19,27H,2-5,9-12,15,20-25H2,1H3. The molecule has 3 aromatic rings. The van der Waals surface area contributed by atoms with Crippen LogP contribution in [0, 0.1) is 5.82 Å². The van der Waals surface area contributed by atoms with Gasteiger partial charge in [-0.15, -0.1) is 0 Å². The second kappa shape index (κ2) is 13.3. The number of hydrogen-bond donors (Lipinski definition) is 0. The molecule has 5 rings (SSSR count). The van der Waals surface area contributed by atoms with Crippen molar-refractivity contribution in [2.75, 3.05) is 31.1 Å². The van der Waals surface area contributed by atoms with Crippen molar-refractivity contribution in [1.82, 2.24) is 14.7 Å². The zero-order chi connectivity index (χ0) is 27.0. The van der Waals surface area contributed by atoms with Crippen LogP contribution in [-0.2, 0) is 19.4 Å². The number of halogens is 1. The number of amides is 1. The summed E-state index contributed by atoms with van der Waals surface area (Å²) in [6.07, 6.45) is 11.1. The third-order valence-electron chi connectivity index (χ3n) is 8.47. The summed E-state index contributed by atoms with van der Waals surface area (Å²) < 4.78 is 15.8. The van der Waals surface area contributed by atoms with E-state index < -0.39 is 0 Å². The van der Waals surface area contributed by atoms with Crippen LogP contribution in [0.1, 0.15) is 91.5 Å². The van der Waals surface area contributed by atoms with Gasteiger partial charge in [-0.2, -0.15) is 5.10 Å². The van der Waals surface area contributed by atoms with E-state index in [1.807, 2.05) is 23.1 Å². The second-order valence-corrected chi connectivity index (χ2v) is 11.2. The van der Waals surface area contributed by atoms with Crippen molar-refractivity contribution in [3.63, 3.8) is 0 Å². The van der Waals surface area contributed by atoms with E-state index in [1.54, 1.807) is 12.1 Å². The molecular formula is C33H43FN4O. The molecule has 0 N–H and O–H groups in total. The number of para-hydroxylation sites is 1. The van der Waals surface area contributed by atoms with Crippen molar-refractivity contribution in [2.24, 2.45) is 0 Å². The number of fused-ring (bicyclic) bond motifs is 1. The predicted octanol–water partition coefficient (Wildman–Crippen LogP) is 7.01. The highest BCUT2D eigenvalue weighted by atomic mass is 19.1. The van der Waals surface area contributed by atoms with E-state index in [0.29, 0.717) is 24.7 Å². The van der Waals surface area contributed by atoms with E-state index in [-0.39, 0.29) is 11.7 Å². The lowest BCUT2D eigenvalue weighted by atomic mass is 9.91. The molecule has 2 heterocycles. The van der Waals surface area contributed by atoms with E-state index in [4.69, 9.17) is 5.10 Å². The lowest BCUT2D eigenvalue weighted by Crippen LogP contribution is -2.49. The number of piperazine rings is 1. The Hall–Kier alpha value is -3.15. The summed E-state index contributed by atoms with van der Waals surface area (Å²) in [5, 5.41) is 5.06. The van der Waals surface area contributed by atoms with Gasteiger partial charge in [0.05, 0.1) is 0 Å². The molecule has 1 atom stereocenters. The zero-order valence-corrected chi connectivity index (χ0v) is 23.5. The van der Waals surface area contributed by atoms with Crippen molar-refractivity contribution in [3.8, 4) is 0 Å². The van der Waals surface area contributed by atoms with E-state index in [2.05, 4.69) is 40.8 Å². The van der Waals surface area contributed by atoms with Crippen LogP contribution >= 0.6 is 0 Å². The molecule has 208 valence electrons. The summed E-state index contributed by atoms with van der Waals surface area (Å²) in [4.78, 5) is 18.3. The van der Waals surface area contributed by atoms with E-state index in [0.717, 1.165) is 63.7 Å². The Morgan fingerprint density at radius 1 is 0.923 bits per heavy atom. The molecule has 2 aliphatic rings. The summed E-state index contributed by atoms with van der Waals surface area (Å²) in [7, 11) is 0. The summed E-state index contributed by atoms with van der Waals surface area (Å²) in [6.45, 7) is 6.20. The van der Waals surface area contributed by atoms with Crippen LogP contribution in [0.25, 0.3) is 0 Å². The Balaban J connectivity index is 1.38. The molecule has 5 nitrogen and oxygen atoms in total. The van der Waals surface area contributed by atoms with Crippen molar-refractivity contribution >= 4 is 11.6 Å². The summed E-state index contributed by atoms with van der Waals surface area (Å²) in [6, 6.07) is 17.4. The largest absolute Gasteiger partial charge is 0.368 e. The van der Waals surface area contributed by atoms with Crippen molar-refractivity contribution < 1.29 is 9.18 Å². The molecule has 1 aliphatic heterocycles. The molecule has 1 amide bonds. The molecule has 0 radical (unpaired) electrons. The highest BCUT2D eigenvalue weighted by Crippen LogP contribution is 2.36. The third kappa shape index (κ3) is 6.71. The molecule has 0 bridgehead atoms. The fourth-order valence-electron chi connectivity index (χ4n) is 6.31. The number of benzene rings is 2. The Labute approximate surface area is 233 Å². The van der Waals surface area contributed by atoms with Gasteiger partial charge >= 0.3 is 0 Å². The minimum absolute atomic E-state index is 0.0890. The average Bonchev–Trinajstić information content (AvgIpc) is 3.20. The number of carbonyl (C=O) groups excluding carboxylic acids is 1. The molecule has 1 aliphatic carbocycles. The molecular weight excluding hydrogens is 487 g/mol. The maximum atomic E-state index is 13.9. The van der Waals surface area contributed by atoms with Crippen LogP contribution in [0.5, 0.6) is 0 Å². The highest BCUT2D eigenvalue weighted by Gasteiger charge is 2.32. The first-order valence-electron chi connectivity index (χ1n) is 15.1. The Kier molecular flexibility index (Phi) is 9.33. The number of anilines is 1. The topological polar surface area (TPSA) is 41.4 Å². The van der Waals surface area contributed by atoms with Crippen LogP contribution in [0.15, 0.2) is 54.6 Å². The van der Waals surface area contributed by atoms with Gasteiger partial charge in [-0.3, -0.25) is 9.48 Å². The predicted molar refractivity (Wildman–Crippen MR) is 156 cm³/mol. The van der Waals surface area contributed by atoms with Crippen LogP contribution in [-0.4, -0.2) is 46.8 Å². The van der Waals surface area contributed by atoms with E-state index >= 15 is 0 Å². The van der Waals surface area contributed by atoms with Crippen molar-refractivity contribution in [3.05, 3.63) is 82.9 Å². The molecule has 1 fully saturated rings. The minimum atomic E-state index is -0.197. The zero-order valence-electron chi connectivity index (χ0n) is 23.5. The van der Waals surface area contributed by atoms with Crippen molar-refractivity contribution in [2.45, 2.75) is 83.6 Å². The molecule has 1 unspecified atom stereocenters. The first-order chi connectivity index (χ1) is 19.1. The maximum Gasteiger partial charge on any atom is 0.274 e. The molecule has 2 aromatic carbocycles. The summed E-state index contributed by atoms with van der Waals surface area (Å²) in [5.74, 6) is 0.191. The lowest BCUT2D eigenvalue weighted by molar-refractivity contribution is 0.0738. The monoisotopic (exact) mass is 530 g/mol. The summed E-state index contributed by atoms with van der Waals surface area (Å²) in [5.41, 5.74) is 5.48. The third-order valence-corrected chi connectivity index (χ3v) is 8.47. The maximum absolute atomic E-state index is 13.9. The number of carbonyl (C=O) groups is 1. The molecule has 1 aromatic heterocycles. The van der Waals surface area contributed by atoms with Crippen molar-refractivity contribution in [1.29, 1.82) is 0 Å². The number of nitrogens with zero attached hydrogens (tertiary/aromatic N) is 4. The second-order valence-electron chi connectivity index (χ2n) is 11.2. The van der Waals surface area contributed by atoms with Gasteiger partial charge in [-0.05, 0) is 61.9 Å². The summed E-state index contributed by atoms with van der Waals surface area (Å²) >= 11 is 0. The van der Waals surface area contributed by atoms with Gasteiger partial charge in [-0.25, -0.2) is 4.39 Å². The Bertz CT molecular complexity index is 1200. The average molecular weight is 531 g/mol. The van der Waals surface area contributed by atoms with Gasteiger partial charge in [-0.1, -0.05) is 69.4 Å². The van der Waals surface area contributed by atoms with Gasteiger partial charge in [0, 0.05) is 55.6 Å². The highest BCUT2D eigenvalue weighted by molar-refractivity contribution is 5.94. The molecule has 0 spiro atoms. The fourth-order valence-corrected chi connectivity index (χ4v) is 6.31. The normalized spacial score (nSPS) is 17.6. The molecule has 39 heavy (non-hydrogen) atoms. The smallest absolute Gasteiger partial charge is 0.274 e. The first kappa shape index (κ1) is 27.4. The van der Waals surface area contributed by atoms with Gasteiger partial charge < -0.3 is 9.80 Å². The van der Waals surface area contributed by atoms with Gasteiger partial charge in [0.2, 0.25) is 0 Å². The number of rotatable bonds is 10. The van der Waals surface area contributed by atoms with E-state index in [1.165, 1.54) is 42.6 Å². The number of aryl methyl sites for hydroxylation is 1. The quantitative estimate of drug-likeness (QED) is 0.209. The molecule has 1 saturated heterocycles. The van der Waals surface area contributed by atoms with Crippen LogP contribution < -0.4 is 4.90 Å². The van der Waals surface area contributed by atoms with Crippen LogP contribution in [0.3, 0.4) is 0 Å².